The minimum Gasteiger partial charge on any atom is -0.313 e. The summed E-state index contributed by atoms with van der Waals surface area (Å²) < 4.78 is 14.1. The molecular formula is C17H26BrNOS. The summed E-state index contributed by atoms with van der Waals surface area (Å²) in [6, 6.07) is 8.37. The van der Waals surface area contributed by atoms with Crippen LogP contribution in [0.1, 0.15) is 51.9 Å². The number of halogens is 1. The van der Waals surface area contributed by atoms with Crippen LogP contribution in [0.15, 0.2) is 33.6 Å². The van der Waals surface area contributed by atoms with Crippen molar-refractivity contribution in [3.8, 4) is 0 Å². The third kappa shape index (κ3) is 5.19. The highest BCUT2D eigenvalue weighted by Crippen LogP contribution is 2.26. The molecule has 0 spiro atoms. The maximum atomic E-state index is 13.0. The number of hydrogen-bond acceptors (Lipinski definition) is 2. The summed E-state index contributed by atoms with van der Waals surface area (Å²) in [5, 5.41) is 3.89. The van der Waals surface area contributed by atoms with Gasteiger partial charge >= 0.3 is 0 Å². The van der Waals surface area contributed by atoms with Gasteiger partial charge in [0.1, 0.15) is 0 Å². The maximum Gasteiger partial charge on any atom is 0.0577 e. The molecule has 3 atom stereocenters. The minimum atomic E-state index is -0.925. The van der Waals surface area contributed by atoms with Crippen molar-refractivity contribution in [2.24, 2.45) is 0 Å². The Morgan fingerprint density at radius 3 is 2.71 bits per heavy atom. The summed E-state index contributed by atoms with van der Waals surface area (Å²) in [5.41, 5.74) is 0. The summed E-state index contributed by atoms with van der Waals surface area (Å²) >= 11 is 3.49. The molecule has 2 rings (SSSR count). The summed E-state index contributed by atoms with van der Waals surface area (Å²) in [6.07, 6.45) is 8.42. The lowest BCUT2D eigenvalue weighted by molar-refractivity contribution is 0.395. The van der Waals surface area contributed by atoms with Crippen molar-refractivity contribution in [3.63, 3.8) is 0 Å². The second-order valence-electron chi connectivity index (χ2n) is 5.85. The van der Waals surface area contributed by atoms with E-state index in [0.29, 0.717) is 6.04 Å². The van der Waals surface area contributed by atoms with E-state index in [4.69, 9.17) is 0 Å². The smallest absolute Gasteiger partial charge is 0.0577 e. The number of nitrogens with one attached hydrogen (secondary N) is 1. The molecule has 0 radical (unpaired) electrons. The Labute approximate surface area is 139 Å². The SMILES string of the molecule is CCCNC1CCCCCCC1S(=O)c1cccc(Br)c1. The van der Waals surface area contributed by atoms with Crippen LogP contribution in [0.5, 0.6) is 0 Å². The average molecular weight is 372 g/mol. The van der Waals surface area contributed by atoms with Crippen LogP contribution in [0.3, 0.4) is 0 Å². The number of benzene rings is 1. The van der Waals surface area contributed by atoms with Crippen molar-refractivity contribution < 1.29 is 4.21 Å². The zero-order valence-corrected chi connectivity index (χ0v) is 15.2. The molecule has 0 amide bonds. The van der Waals surface area contributed by atoms with Gasteiger partial charge in [-0.05, 0) is 44.0 Å². The highest BCUT2D eigenvalue weighted by Gasteiger charge is 2.28. The van der Waals surface area contributed by atoms with E-state index in [-0.39, 0.29) is 5.25 Å². The van der Waals surface area contributed by atoms with E-state index in [1.807, 2.05) is 24.3 Å². The molecule has 1 fully saturated rings. The van der Waals surface area contributed by atoms with Crippen molar-refractivity contribution in [3.05, 3.63) is 28.7 Å². The lowest BCUT2D eigenvalue weighted by Crippen LogP contribution is -2.43. The fraction of sp³-hybridized carbons (Fsp3) is 0.647. The van der Waals surface area contributed by atoms with Gasteiger partial charge < -0.3 is 5.32 Å². The van der Waals surface area contributed by atoms with Crippen molar-refractivity contribution in [1.82, 2.24) is 5.32 Å². The Bertz CT molecular complexity index is 464. The molecule has 118 valence electrons. The van der Waals surface area contributed by atoms with E-state index in [1.165, 1.54) is 25.7 Å². The van der Waals surface area contributed by atoms with Crippen LogP contribution >= 0.6 is 15.9 Å². The summed E-state index contributed by atoms with van der Waals surface area (Å²) in [6.45, 7) is 3.22. The largest absolute Gasteiger partial charge is 0.313 e. The van der Waals surface area contributed by atoms with E-state index in [1.54, 1.807) is 0 Å². The van der Waals surface area contributed by atoms with Gasteiger partial charge in [0.25, 0.3) is 0 Å². The van der Waals surface area contributed by atoms with Crippen molar-refractivity contribution in [2.75, 3.05) is 6.54 Å². The topological polar surface area (TPSA) is 29.1 Å². The van der Waals surface area contributed by atoms with E-state index < -0.39 is 10.8 Å². The second kappa shape index (κ2) is 9.06. The Morgan fingerprint density at radius 1 is 1.24 bits per heavy atom. The molecule has 1 aromatic carbocycles. The van der Waals surface area contributed by atoms with E-state index in [0.717, 1.165) is 35.2 Å². The standard InChI is InChI=1S/C17H26BrNOS/c1-2-12-19-16-10-5-3-4-6-11-17(16)21(20)15-9-7-8-14(18)13-15/h7-9,13,16-17,19H,2-6,10-12H2,1H3. The molecule has 3 unspecified atom stereocenters. The third-order valence-electron chi connectivity index (χ3n) is 4.16. The van der Waals surface area contributed by atoms with Gasteiger partial charge in [0, 0.05) is 15.4 Å². The van der Waals surface area contributed by atoms with Crippen LogP contribution in [-0.4, -0.2) is 22.0 Å². The van der Waals surface area contributed by atoms with Gasteiger partial charge in [-0.3, -0.25) is 4.21 Å². The zero-order chi connectivity index (χ0) is 15.1. The van der Waals surface area contributed by atoms with Crippen molar-refractivity contribution in [1.29, 1.82) is 0 Å². The second-order valence-corrected chi connectivity index (χ2v) is 8.43. The lowest BCUT2D eigenvalue weighted by Gasteiger charge is -2.29. The van der Waals surface area contributed by atoms with Crippen LogP contribution in [-0.2, 0) is 10.8 Å². The first-order valence-electron chi connectivity index (χ1n) is 8.12. The van der Waals surface area contributed by atoms with Crippen LogP contribution < -0.4 is 5.32 Å². The molecule has 0 heterocycles. The molecule has 1 aromatic rings. The van der Waals surface area contributed by atoms with Gasteiger partial charge in [-0.25, -0.2) is 0 Å². The molecule has 0 bridgehead atoms. The Morgan fingerprint density at radius 2 is 2.00 bits per heavy atom. The van der Waals surface area contributed by atoms with E-state index >= 15 is 0 Å². The summed E-state index contributed by atoms with van der Waals surface area (Å²) in [5.74, 6) is 0. The van der Waals surface area contributed by atoms with Crippen LogP contribution in [0.4, 0.5) is 0 Å². The molecule has 2 nitrogen and oxygen atoms in total. The third-order valence-corrected chi connectivity index (χ3v) is 6.49. The Hall–Kier alpha value is -0.190. The molecule has 0 aliphatic heterocycles. The number of rotatable bonds is 5. The molecule has 0 aromatic heterocycles. The fourth-order valence-electron chi connectivity index (χ4n) is 3.04. The van der Waals surface area contributed by atoms with Gasteiger partial charge in [-0.15, -0.1) is 0 Å². The molecule has 4 heteroatoms. The van der Waals surface area contributed by atoms with Gasteiger partial charge in [-0.2, -0.15) is 0 Å². The predicted octanol–water partition coefficient (Wildman–Crippen LogP) is 4.65. The molecule has 1 saturated carbocycles. The number of hydrogen-bond donors (Lipinski definition) is 1. The molecule has 1 N–H and O–H groups in total. The Kier molecular flexibility index (Phi) is 7.41. The summed E-state index contributed by atoms with van der Waals surface area (Å²) in [4.78, 5) is 0.957. The molecular weight excluding hydrogens is 346 g/mol. The summed E-state index contributed by atoms with van der Waals surface area (Å²) in [7, 11) is -0.925. The average Bonchev–Trinajstić information content (AvgIpc) is 2.46. The van der Waals surface area contributed by atoms with Crippen LogP contribution in [0.2, 0.25) is 0 Å². The maximum absolute atomic E-state index is 13.0. The van der Waals surface area contributed by atoms with Gasteiger partial charge in [-0.1, -0.05) is 54.6 Å². The first-order chi connectivity index (χ1) is 10.2. The van der Waals surface area contributed by atoms with Crippen LogP contribution in [0, 0.1) is 0 Å². The van der Waals surface area contributed by atoms with Gasteiger partial charge in [0.15, 0.2) is 0 Å². The van der Waals surface area contributed by atoms with Crippen molar-refractivity contribution in [2.45, 2.75) is 68.1 Å². The Balaban J connectivity index is 2.15. The van der Waals surface area contributed by atoms with Gasteiger partial charge in [0.2, 0.25) is 0 Å². The molecule has 0 saturated heterocycles. The normalized spacial score (nSPS) is 25.0. The molecule has 1 aliphatic rings. The molecule has 21 heavy (non-hydrogen) atoms. The zero-order valence-electron chi connectivity index (χ0n) is 12.8. The van der Waals surface area contributed by atoms with E-state index in [9.17, 15) is 4.21 Å². The van der Waals surface area contributed by atoms with Gasteiger partial charge in [0.05, 0.1) is 16.0 Å². The quantitative estimate of drug-likeness (QED) is 0.815. The first kappa shape index (κ1) is 17.2. The predicted molar refractivity (Wildman–Crippen MR) is 94.1 cm³/mol. The van der Waals surface area contributed by atoms with Crippen molar-refractivity contribution >= 4 is 26.7 Å². The lowest BCUT2D eigenvalue weighted by atomic mass is 9.96. The monoisotopic (exact) mass is 371 g/mol. The molecule has 1 aliphatic carbocycles. The van der Waals surface area contributed by atoms with E-state index in [2.05, 4.69) is 28.2 Å². The highest BCUT2D eigenvalue weighted by molar-refractivity contribution is 9.10. The first-order valence-corrected chi connectivity index (χ1v) is 10.1. The highest BCUT2D eigenvalue weighted by atomic mass is 79.9. The minimum absolute atomic E-state index is 0.242. The van der Waals surface area contributed by atoms with Crippen LogP contribution in [0.25, 0.3) is 0 Å². The fourth-order valence-corrected chi connectivity index (χ4v) is 5.30.